The molecule has 0 aromatic heterocycles. The van der Waals surface area contributed by atoms with E-state index in [0.29, 0.717) is 5.56 Å². The third-order valence-corrected chi connectivity index (χ3v) is 5.57. The topological polar surface area (TPSA) is 57.5 Å². The van der Waals surface area contributed by atoms with Gasteiger partial charge in [0.2, 0.25) is 0 Å². The second-order valence-corrected chi connectivity index (χ2v) is 8.68. The van der Waals surface area contributed by atoms with Crippen molar-refractivity contribution in [1.29, 1.82) is 0 Å². The molecule has 0 saturated heterocycles. The van der Waals surface area contributed by atoms with Crippen LogP contribution in [0.3, 0.4) is 0 Å². The fourth-order valence-electron chi connectivity index (χ4n) is 3.72. The lowest BCUT2D eigenvalue weighted by molar-refractivity contribution is 0.0693. The highest BCUT2D eigenvalue weighted by molar-refractivity contribution is 5.91. The first-order chi connectivity index (χ1) is 13.2. The molecule has 0 bridgehead atoms. The first-order valence-electron chi connectivity index (χ1n) is 10.4. The molecule has 0 spiro atoms. The molecule has 2 aromatic rings. The molecule has 2 N–H and O–H groups in total. The second kappa shape index (κ2) is 9.77. The van der Waals surface area contributed by atoms with Crippen LogP contribution in [0.15, 0.2) is 42.5 Å². The van der Waals surface area contributed by atoms with Crippen LogP contribution in [-0.4, -0.2) is 16.2 Å². The standard InChI is InChI=1S/C25H34O3/c1-18(2)12-8-5-6-9-13-19-16-21(24(27)28)23(26)22(17-19)25(3,4)20-14-10-7-11-15-20/h7,10-11,14-18,26H,5-6,8-9,12-13H2,1-4H3,(H,27,28). The Bertz CT molecular complexity index is 776. The molecule has 0 amide bonds. The van der Waals surface area contributed by atoms with E-state index in [2.05, 4.69) is 13.8 Å². The Labute approximate surface area is 169 Å². The molecule has 2 rings (SSSR count). The number of benzene rings is 2. The van der Waals surface area contributed by atoms with Gasteiger partial charge in [-0.3, -0.25) is 0 Å². The summed E-state index contributed by atoms with van der Waals surface area (Å²) in [5.74, 6) is -0.457. The maximum Gasteiger partial charge on any atom is 0.339 e. The normalized spacial score (nSPS) is 11.8. The molecule has 3 nitrogen and oxygen atoms in total. The Hall–Kier alpha value is -2.29. The third kappa shape index (κ3) is 5.60. The third-order valence-electron chi connectivity index (χ3n) is 5.57. The van der Waals surface area contributed by atoms with Crippen LogP contribution in [0.2, 0.25) is 0 Å². The van der Waals surface area contributed by atoms with E-state index in [0.717, 1.165) is 36.3 Å². The molecule has 28 heavy (non-hydrogen) atoms. The van der Waals surface area contributed by atoms with Crippen LogP contribution in [0.1, 0.15) is 86.8 Å². The van der Waals surface area contributed by atoms with Gasteiger partial charge in [0, 0.05) is 11.0 Å². The van der Waals surface area contributed by atoms with E-state index in [9.17, 15) is 15.0 Å². The Morgan fingerprint density at radius 3 is 2.25 bits per heavy atom. The molecule has 0 radical (unpaired) electrons. The fourth-order valence-corrected chi connectivity index (χ4v) is 3.72. The Kier molecular flexibility index (Phi) is 7.68. The number of carboxylic acid groups (broad SMARTS) is 1. The summed E-state index contributed by atoms with van der Waals surface area (Å²) in [6.45, 7) is 8.55. The van der Waals surface area contributed by atoms with Gasteiger partial charge >= 0.3 is 5.97 Å². The van der Waals surface area contributed by atoms with Gasteiger partial charge in [-0.25, -0.2) is 4.79 Å². The minimum absolute atomic E-state index is 0.00341. The summed E-state index contributed by atoms with van der Waals surface area (Å²) in [5, 5.41) is 20.3. The van der Waals surface area contributed by atoms with E-state index in [1.54, 1.807) is 6.07 Å². The highest BCUT2D eigenvalue weighted by Gasteiger charge is 2.29. The van der Waals surface area contributed by atoms with Crippen LogP contribution in [0.4, 0.5) is 0 Å². The van der Waals surface area contributed by atoms with E-state index in [4.69, 9.17) is 0 Å². The van der Waals surface area contributed by atoms with Gasteiger partial charge in [0.1, 0.15) is 11.3 Å². The Balaban J connectivity index is 2.23. The molecule has 2 aromatic carbocycles. The molecule has 152 valence electrons. The fraction of sp³-hybridized carbons (Fsp3) is 0.480. The minimum Gasteiger partial charge on any atom is -0.507 e. The van der Waals surface area contributed by atoms with Crippen LogP contribution in [0.25, 0.3) is 0 Å². The van der Waals surface area contributed by atoms with Crippen molar-refractivity contribution in [2.45, 2.75) is 71.6 Å². The van der Waals surface area contributed by atoms with Crippen molar-refractivity contribution < 1.29 is 15.0 Å². The van der Waals surface area contributed by atoms with Crippen molar-refractivity contribution in [2.24, 2.45) is 5.92 Å². The second-order valence-electron chi connectivity index (χ2n) is 8.68. The lowest BCUT2D eigenvalue weighted by Gasteiger charge is -2.28. The maximum absolute atomic E-state index is 11.7. The average Bonchev–Trinajstić information content (AvgIpc) is 2.65. The first kappa shape index (κ1) is 22.0. The number of hydrogen-bond acceptors (Lipinski definition) is 2. The van der Waals surface area contributed by atoms with E-state index in [1.807, 2.05) is 50.2 Å². The average molecular weight is 383 g/mol. The summed E-state index contributed by atoms with van der Waals surface area (Å²) in [6.07, 6.45) is 6.74. The van der Waals surface area contributed by atoms with Gasteiger partial charge in [0.05, 0.1) is 0 Å². The Morgan fingerprint density at radius 1 is 1.00 bits per heavy atom. The number of carbonyl (C=O) groups is 1. The van der Waals surface area contributed by atoms with Crippen LogP contribution in [0.5, 0.6) is 5.75 Å². The molecule has 0 fully saturated rings. The summed E-state index contributed by atoms with van der Waals surface area (Å²) in [6, 6.07) is 13.5. The number of rotatable bonds is 10. The first-order valence-corrected chi connectivity index (χ1v) is 10.4. The van der Waals surface area contributed by atoms with Crippen LogP contribution >= 0.6 is 0 Å². The lowest BCUT2D eigenvalue weighted by atomic mass is 9.76. The number of aromatic carboxylic acids is 1. The summed E-state index contributed by atoms with van der Waals surface area (Å²) in [4.78, 5) is 11.7. The van der Waals surface area contributed by atoms with Crippen molar-refractivity contribution in [3.05, 3.63) is 64.7 Å². The highest BCUT2D eigenvalue weighted by Crippen LogP contribution is 2.39. The predicted octanol–water partition coefficient (Wildman–Crippen LogP) is 6.57. The number of carboxylic acids is 1. The highest BCUT2D eigenvalue weighted by atomic mass is 16.4. The van der Waals surface area contributed by atoms with E-state index in [-0.39, 0.29) is 11.3 Å². The van der Waals surface area contributed by atoms with E-state index < -0.39 is 11.4 Å². The van der Waals surface area contributed by atoms with E-state index in [1.165, 1.54) is 19.3 Å². The van der Waals surface area contributed by atoms with Crippen LogP contribution in [-0.2, 0) is 11.8 Å². The van der Waals surface area contributed by atoms with Gasteiger partial charge in [-0.15, -0.1) is 0 Å². The quantitative estimate of drug-likeness (QED) is 0.457. The zero-order chi connectivity index (χ0) is 20.7. The van der Waals surface area contributed by atoms with Crippen molar-refractivity contribution in [3.63, 3.8) is 0 Å². The monoisotopic (exact) mass is 382 g/mol. The van der Waals surface area contributed by atoms with E-state index >= 15 is 0 Å². The number of phenols is 1. The van der Waals surface area contributed by atoms with Gasteiger partial charge < -0.3 is 10.2 Å². The van der Waals surface area contributed by atoms with Crippen molar-refractivity contribution in [1.82, 2.24) is 0 Å². The SMILES string of the molecule is CC(C)CCCCCCc1cc(C(=O)O)c(O)c(C(C)(C)c2ccccc2)c1. The van der Waals surface area contributed by atoms with Crippen molar-refractivity contribution >= 4 is 5.97 Å². The van der Waals surface area contributed by atoms with Gasteiger partial charge in [0.15, 0.2) is 0 Å². The number of hydrogen-bond donors (Lipinski definition) is 2. The molecule has 0 aliphatic rings. The van der Waals surface area contributed by atoms with Crippen molar-refractivity contribution in [2.75, 3.05) is 0 Å². The summed E-state index contributed by atoms with van der Waals surface area (Å²) in [5.41, 5.74) is 2.22. The van der Waals surface area contributed by atoms with Crippen LogP contribution in [0, 0.1) is 5.92 Å². The molecular formula is C25H34O3. The number of unbranched alkanes of at least 4 members (excludes halogenated alkanes) is 3. The van der Waals surface area contributed by atoms with Crippen molar-refractivity contribution in [3.8, 4) is 5.75 Å². The number of aryl methyl sites for hydroxylation is 1. The Morgan fingerprint density at radius 2 is 1.64 bits per heavy atom. The van der Waals surface area contributed by atoms with Gasteiger partial charge in [-0.1, -0.05) is 89.8 Å². The molecular weight excluding hydrogens is 348 g/mol. The molecule has 3 heteroatoms. The van der Waals surface area contributed by atoms with Gasteiger partial charge in [-0.05, 0) is 36.0 Å². The zero-order valence-electron chi connectivity index (χ0n) is 17.7. The molecule has 0 aliphatic heterocycles. The van der Waals surface area contributed by atoms with Gasteiger partial charge in [-0.2, -0.15) is 0 Å². The summed E-state index contributed by atoms with van der Waals surface area (Å²) >= 11 is 0. The molecule has 0 aliphatic carbocycles. The summed E-state index contributed by atoms with van der Waals surface area (Å²) < 4.78 is 0. The van der Waals surface area contributed by atoms with Gasteiger partial charge in [0.25, 0.3) is 0 Å². The predicted molar refractivity (Wildman–Crippen MR) is 115 cm³/mol. The molecule has 0 unspecified atom stereocenters. The molecule has 0 atom stereocenters. The number of aromatic hydroxyl groups is 1. The lowest BCUT2D eigenvalue weighted by Crippen LogP contribution is -2.20. The maximum atomic E-state index is 11.7. The minimum atomic E-state index is -1.08. The largest absolute Gasteiger partial charge is 0.507 e. The zero-order valence-corrected chi connectivity index (χ0v) is 17.7. The summed E-state index contributed by atoms with van der Waals surface area (Å²) in [7, 11) is 0. The molecule has 0 saturated carbocycles. The smallest absolute Gasteiger partial charge is 0.339 e. The van der Waals surface area contributed by atoms with Crippen LogP contribution < -0.4 is 0 Å². The molecule has 0 heterocycles.